The van der Waals surface area contributed by atoms with Crippen molar-refractivity contribution in [2.45, 2.75) is 13.1 Å². The molecular formula is C15H11N3OS. The van der Waals surface area contributed by atoms with Crippen LogP contribution in [0.4, 0.5) is 0 Å². The molecule has 0 saturated carbocycles. The maximum Gasteiger partial charge on any atom is 0.254 e. The quantitative estimate of drug-likeness (QED) is 0.689. The number of aromatic nitrogens is 2. The Hall–Kier alpha value is -2.27. The summed E-state index contributed by atoms with van der Waals surface area (Å²) < 4.78 is 1.05. The minimum Gasteiger partial charge on any atom is -0.328 e. The van der Waals surface area contributed by atoms with Crippen LogP contribution < -0.4 is 0 Å². The molecule has 1 aliphatic heterocycles. The summed E-state index contributed by atoms with van der Waals surface area (Å²) in [5, 5.41) is 0. The van der Waals surface area contributed by atoms with E-state index in [4.69, 9.17) is 0 Å². The zero-order valence-corrected chi connectivity index (χ0v) is 11.4. The normalized spacial score (nSPS) is 13.7. The van der Waals surface area contributed by atoms with Crippen LogP contribution in [0.3, 0.4) is 0 Å². The second kappa shape index (κ2) is 4.38. The Morgan fingerprint density at radius 1 is 1.20 bits per heavy atom. The fourth-order valence-electron chi connectivity index (χ4n) is 2.51. The van der Waals surface area contributed by atoms with Crippen LogP contribution >= 0.6 is 11.3 Å². The highest BCUT2D eigenvalue weighted by Gasteiger charge is 2.25. The van der Waals surface area contributed by atoms with Crippen molar-refractivity contribution in [2.75, 3.05) is 0 Å². The van der Waals surface area contributed by atoms with Crippen LogP contribution in [0.15, 0.2) is 42.0 Å². The maximum atomic E-state index is 12.6. The number of hydrogen-bond acceptors (Lipinski definition) is 4. The van der Waals surface area contributed by atoms with Gasteiger partial charge in [0.2, 0.25) is 0 Å². The first-order valence-electron chi connectivity index (χ1n) is 6.36. The number of hydrogen-bond donors (Lipinski definition) is 0. The van der Waals surface area contributed by atoms with E-state index in [1.807, 2.05) is 35.2 Å². The molecule has 0 atom stereocenters. The second-order valence-electron chi connectivity index (χ2n) is 4.81. The molecule has 0 unspecified atom stereocenters. The number of amides is 1. The summed E-state index contributed by atoms with van der Waals surface area (Å²) >= 11 is 1.55. The molecule has 1 aliphatic rings. The van der Waals surface area contributed by atoms with E-state index in [9.17, 15) is 4.79 Å². The molecule has 4 nitrogen and oxygen atoms in total. The molecule has 0 fully saturated rings. The van der Waals surface area contributed by atoms with E-state index in [0.29, 0.717) is 13.1 Å². The Kier molecular flexibility index (Phi) is 2.53. The van der Waals surface area contributed by atoms with Crippen molar-refractivity contribution in [1.29, 1.82) is 0 Å². The minimum atomic E-state index is 0.0540. The van der Waals surface area contributed by atoms with E-state index in [2.05, 4.69) is 9.97 Å². The first kappa shape index (κ1) is 11.5. The zero-order valence-electron chi connectivity index (χ0n) is 10.6. The van der Waals surface area contributed by atoms with Gasteiger partial charge in [0, 0.05) is 18.3 Å². The van der Waals surface area contributed by atoms with Crippen molar-refractivity contribution in [2.24, 2.45) is 0 Å². The van der Waals surface area contributed by atoms with Gasteiger partial charge in [-0.15, -0.1) is 11.3 Å². The summed E-state index contributed by atoms with van der Waals surface area (Å²) in [5.74, 6) is 0.0540. The highest BCUT2D eigenvalue weighted by molar-refractivity contribution is 7.16. The average Bonchev–Trinajstić information content (AvgIpc) is 3.11. The predicted octanol–water partition coefficient (Wildman–Crippen LogP) is 2.85. The van der Waals surface area contributed by atoms with Crippen LogP contribution in [0.25, 0.3) is 10.2 Å². The van der Waals surface area contributed by atoms with Gasteiger partial charge in [-0.25, -0.2) is 4.98 Å². The molecule has 4 rings (SSSR count). The molecule has 1 amide bonds. The third-order valence-electron chi connectivity index (χ3n) is 3.55. The lowest BCUT2D eigenvalue weighted by Gasteiger charge is -2.15. The van der Waals surface area contributed by atoms with E-state index >= 15 is 0 Å². The number of benzene rings is 1. The molecule has 0 N–H and O–H groups in total. The predicted molar refractivity (Wildman–Crippen MR) is 77.4 cm³/mol. The molecule has 3 heterocycles. The third-order valence-corrected chi connectivity index (χ3v) is 4.34. The summed E-state index contributed by atoms with van der Waals surface area (Å²) in [4.78, 5) is 23.0. The van der Waals surface area contributed by atoms with E-state index < -0.39 is 0 Å². The van der Waals surface area contributed by atoms with E-state index in [1.165, 1.54) is 0 Å². The minimum absolute atomic E-state index is 0.0540. The number of pyridine rings is 1. The molecule has 1 aromatic carbocycles. The first-order valence-corrected chi connectivity index (χ1v) is 7.24. The fraction of sp³-hybridized carbons (Fsp3) is 0.133. The highest BCUT2D eigenvalue weighted by Crippen LogP contribution is 2.24. The number of fused-ring (bicyclic) bond motifs is 2. The van der Waals surface area contributed by atoms with Crippen LogP contribution in [0.2, 0.25) is 0 Å². The number of nitrogens with zero attached hydrogens (tertiary/aromatic N) is 3. The van der Waals surface area contributed by atoms with Gasteiger partial charge in [0.1, 0.15) is 0 Å². The molecule has 5 heteroatoms. The average molecular weight is 281 g/mol. The molecule has 98 valence electrons. The van der Waals surface area contributed by atoms with Crippen LogP contribution in [-0.4, -0.2) is 20.8 Å². The van der Waals surface area contributed by atoms with Crippen LogP contribution in [-0.2, 0) is 13.1 Å². The number of thiazole rings is 1. The summed E-state index contributed by atoms with van der Waals surface area (Å²) in [7, 11) is 0. The lowest BCUT2D eigenvalue weighted by atomic mass is 10.2. The van der Waals surface area contributed by atoms with Crippen LogP contribution in [0.1, 0.15) is 21.6 Å². The molecule has 3 aromatic rings. The Balaban J connectivity index is 1.65. The molecule has 0 aliphatic carbocycles. The van der Waals surface area contributed by atoms with Gasteiger partial charge in [-0.05, 0) is 29.8 Å². The highest BCUT2D eigenvalue weighted by atomic mass is 32.1. The lowest BCUT2D eigenvalue weighted by molar-refractivity contribution is 0.0750. The monoisotopic (exact) mass is 281 g/mol. The van der Waals surface area contributed by atoms with Crippen LogP contribution in [0, 0.1) is 0 Å². The van der Waals surface area contributed by atoms with Crippen molar-refractivity contribution in [3.63, 3.8) is 0 Å². The van der Waals surface area contributed by atoms with Crippen molar-refractivity contribution >= 4 is 27.5 Å². The molecule has 0 radical (unpaired) electrons. The van der Waals surface area contributed by atoms with E-state index in [-0.39, 0.29) is 5.91 Å². The largest absolute Gasteiger partial charge is 0.328 e. The number of carbonyl (C=O) groups excluding carboxylic acids is 1. The van der Waals surface area contributed by atoms with E-state index in [0.717, 1.165) is 27.0 Å². The molecule has 2 aromatic heterocycles. The first-order chi connectivity index (χ1) is 9.81. The number of carbonyl (C=O) groups is 1. The topological polar surface area (TPSA) is 46.1 Å². The van der Waals surface area contributed by atoms with Gasteiger partial charge in [-0.3, -0.25) is 9.78 Å². The summed E-state index contributed by atoms with van der Waals surface area (Å²) in [6.45, 7) is 1.23. The molecule has 0 spiro atoms. The van der Waals surface area contributed by atoms with E-state index in [1.54, 1.807) is 23.0 Å². The summed E-state index contributed by atoms with van der Waals surface area (Å²) in [5.41, 5.74) is 5.60. The van der Waals surface area contributed by atoms with Gasteiger partial charge >= 0.3 is 0 Å². The Morgan fingerprint density at radius 3 is 3.05 bits per heavy atom. The SMILES string of the molecule is O=C(c1ccc2ncsc2c1)N1Cc2cccnc2C1. The smallest absolute Gasteiger partial charge is 0.254 e. The van der Waals surface area contributed by atoms with Gasteiger partial charge in [0.05, 0.1) is 28.0 Å². The summed E-state index contributed by atoms with van der Waals surface area (Å²) in [6.07, 6.45) is 1.77. The standard InChI is InChI=1S/C15H11N3OS/c19-15(10-3-4-12-14(6-10)20-9-17-12)18-7-11-2-1-5-16-13(11)8-18/h1-6,9H,7-8H2. The van der Waals surface area contributed by atoms with Gasteiger partial charge in [0.25, 0.3) is 5.91 Å². The molecule has 0 bridgehead atoms. The Morgan fingerprint density at radius 2 is 2.15 bits per heavy atom. The summed E-state index contributed by atoms with van der Waals surface area (Å²) in [6, 6.07) is 9.62. The molecule has 20 heavy (non-hydrogen) atoms. The third kappa shape index (κ3) is 1.78. The maximum absolute atomic E-state index is 12.6. The zero-order chi connectivity index (χ0) is 13.5. The Labute approximate surface area is 119 Å². The second-order valence-corrected chi connectivity index (χ2v) is 5.69. The van der Waals surface area contributed by atoms with Crippen LogP contribution in [0.5, 0.6) is 0 Å². The van der Waals surface area contributed by atoms with Gasteiger partial charge in [-0.2, -0.15) is 0 Å². The van der Waals surface area contributed by atoms with Gasteiger partial charge in [0.15, 0.2) is 0 Å². The lowest BCUT2D eigenvalue weighted by Crippen LogP contribution is -2.25. The molecular weight excluding hydrogens is 270 g/mol. The van der Waals surface area contributed by atoms with Crippen molar-refractivity contribution in [3.05, 3.63) is 58.9 Å². The van der Waals surface area contributed by atoms with Crippen molar-refractivity contribution in [3.8, 4) is 0 Å². The fourth-order valence-corrected chi connectivity index (χ4v) is 3.23. The number of rotatable bonds is 1. The van der Waals surface area contributed by atoms with Crippen molar-refractivity contribution in [1.82, 2.24) is 14.9 Å². The van der Waals surface area contributed by atoms with Gasteiger partial charge < -0.3 is 4.90 Å². The Bertz CT molecular complexity index is 786. The van der Waals surface area contributed by atoms with Gasteiger partial charge in [-0.1, -0.05) is 6.07 Å². The molecule has 0 saturated heterocycles. The van der Waals surface area contributed by atoms with Crippen molar-refractivity contribution < 1.29 is 4.79 Å².